The Kier molecular flexibility index (Phi) is 4.39. The number of piperazine rings is 1. The first kappa shape index (κ1) is 13.8. The van der Waals surface area contributed by atoms with Gasteiger partial charge in [-0.25, -0.2) is 4.98 Å². The van der Waals surface area contributed by atoms with Gasteiger partial charge in [-0.1, -0.05) is 0 Å². The van der Waals surface area contributed by atoms with Gasteiger partial charge in [-0.05, 0) is 14.1 Å². The number of hydrogen-bond donors (Lipinski definition) is 2. The molecule has 7 nitrogen and oxygen atoms in total. The van der Waals surface area contributed by atoms with E-state index in [0.717, 1.165) is 39.3 Å². The van der Waals surface area contributed by atoms with Gasteiger partial charge < -0.3 is 20.5 Å². The maximum Gasteiger partial charge on any atom is 0.276 e. The molecule has 0 amide bonds. The van der Waals surface area contributed by atoms with Gasteiger partial charge in [0.25, 0.3) is 5.56 Å². The lowest BCUT2D eigenvalue weighted by atomic mass is 10.3. The summed E-state index contributed by atoms with van der Waals surface area (Å²) in [7, 11) is 4.16. The Labute approximate surface area is 113 Å². The Morgan fingerprint density at radius 3 is 2.68 bits per heavy atom. The number of aromatic amines is 1. The SMILES string of the molecule is CN(C)CCN1CCN(c2nc[nH]c(=O)c2N)CC1. The van der Waals surface area contributed by atoms with Crippen LogP contribution < -0.4 is 16.2 Å². The zero-order valence-electron chi connectivity index (χ0n) is 11.6. The lowest BCUT2D eigenvalue weighted by molar-refractivity contribution is 0.229. The van der Waals surface area contributed by atoms with Gasteiger partial charge in [0.2, 0.25) is 0 Å². The third kappa shape index (κ3) is 3.45. The summed E-state index contributed by atoms with van der Waals surface area (Å²) in [5, 5.41) is 0. The van der Waals surface area contributed by atoms with Gasteiger partial charge in [-0.15, -0.1) is 0 Å². The Balaban J connectivity index is 1.93. The number of likely N-dealkylation sites (N-methyl/N-ethyl adjacent to an activating group) is 1. The first-order valence-corrected chi connectivity index (χ1v) is 6.53. The van der Waals surface area contributed by atoms with Gasteiger partial charge in [0.15, 0.2) is 5.82 Å². The quantitative estimate of drug-likeness (QED) is 0.730. The number of aromatic nitrogens is 2. The molecule has 0 atom stereocenters. The Morgan fingerprint density at radius 2 is 2.05 bits per heavy atom. The van der Waals surface area contributed by atoms with Gasteiger partial charge in [-0.3, -0.25) is 9.69 Å². The first-order chi connectivity index (χ1) is 9.08. The maximum atomic E-state index is 11.5. The smallest absolute Gasteiger partial charge is 0.276 e. The number of anilines is 2. The van der Waals surface area contributed by atoms with E-state index in [1.807, 2.05) is 0 Å². The molecule has 7 heteroatoms. The lowest BCUT2D eigenvalue weighted by Gasteiger charge is -2.36. The molecular weight excluding hydrogens is 244 g/mol. The molecule has 0 bridgehead atoms. The van der Waals surface area contributed by atoms with Crippen LogP contribution in [0.1, 0.15) is 0 Å². The van der Waals surface area contributed by atoms with Crippen molar-refractivity contribution < 1.29 is 0 Å². The largest absolute Gasteiger partial charge is 0.391 e. The molecule has 106 valence electrons. The van der Waals surface area contributed by atoms with Crippen LogP contribution in [0.5, 0.6) is 0 Å². The van der Waals surface area contributed by atoms with E-state index in [0.29, 0.717) is 5.82 Å². The molecule has 0 saturated carbocycles. The number of nitrogens with two attached hydrogens (primary N) is 1. The summed E-state index contributed by atoms with van der Waals surface area (Å²) in [6.07, 6.45) is 1.41. The van der Waals surface area contributed by atoms with E-state index >= 15 is 0 Å². The van der Waals surface area contributed by atoms with Crippen LogP contribution in [0.15, 0.2) is 11.1 Å². The van der Waals surface area contributed by atoms with Crippen molar-refractivity contribution >= 4 is 11.5 Å². The topological polar surface area (TPSA) is 81.5 Å². The second-order valence-electron chi connectivity index (χ2n) is 5.10. The molecule has 2 heterocycles. The fourth-order valence-electron chi connectivity index (χ4n) is 2.18. The third-order valence-corrected chi connectivity index (χ3v) is 3.40. The zero-order valence-corrected chi connectivity index (χ0v) is 11.6. The van der Waals surface area contributed by atoms with Crippen molar-refractivity contribution in [1.29, 1.82) is 0 Å². The van der Waals surface area contributed by atoms with Crippen LogP contribution in [0.2, 0.25) is 0 Å². The molecule has 1 saturated heterocycles. The summed E-state index contributed by atoms with van der Waals surface area (Å²) in [5.74, 6) is 0.607. The molecule has 0 aliphatic carbocycles. The van der Waals surface area contributed by atoms with E-state index in [1.165, 1.54) is 6.33 Å². The summed E-state index contributed by atoms with van der Waals surface area (Å²) in [4.78, 5) is 24.8. The molecule has 3 N–H and O–H groups in total. The fraction of sp³-hybridized carbons (Fsp3) is 0.667. The number of hydrogen-bond acceptors (Lipinski definition) is 6. The minimum atomic E-state index is -0.264. The normalized spacial score (nSPS) is 17.1. The number of nitrogens with zero attached hydrogens (tertiary/aromatic N) is 4. The molecular formula is C12H22N6O. The van der Waals surface area contributed by atoms with Crippen molar-refractivity contribution in [2.24, 2.45) is 0 Å². The van der Waals surface area contributed by atoms with Crippen molar-refractivity contribution in [2.45, 2.75) is 0 Å². The third-order valence-electron chi connectivity index (χ3n) is 3.40. The maximum absolute atomic E-state index is 11.5. The van der Waals surface area contributed by atoms with E-state index < -0.39 is 0 Å². The first-order valence-electron chi connectivity index (χ1n) is 6.53. The molecule has 1 fully saturated rings. The standard InChI is InChI=1S/C12H22N6O/c1-16(2)3-4-17-5-7-18(8-6-17)11-10(13)12(19)15-9-14-11/h9H,3-8,13H2,1-2H3,(H,14,15,19). The van der Waals surface area contributed by atoms with Crippen molar-refractivity contribution in [2.75, 3.05) is 64.0 Å². The lowest BCUT2D eigenvalue weighted by Crippen LogP contribution is -2.48. The second-order valence-corrected chi connectivity index (χ2v) is 5.10. The van der Waals surface area contributed by atoms with Gasteiger partial charge in [0.1, 0.15) is 5.69 Å². The molecule has 1 aliphatic heterocycles. The van der Waals surface area contributed by atoms with E-state index in [2.05, 4.69) is 38.8 Å². The number of nitrogens with one attached hydrogen (secondary N) is 1. The second kappa shape index (κ2) is 6.03. The highest BCUT2D eigenvalue weighted by molar-refractivity contribution is 5.61. The number of nitrogen functional groups attached to an aromatic ring is 1. The molecule has 0 unspecified atom stereocenters. The predicted octanol–water partition coefficient (Wildman–Crippen LogP) is -0.964. The molecule has 0 radical (unpaired) electrons. The average Bonchev–Trinajstić information content (AvgIpc) is 2.40. The van der Waals surface area contributed by atoms with Gasteiger partial charge in [0.05, 0.1) is 6.33 Å². The Morgan fingerprint density at radius 1 is 1.37 bits per heavy atom. The van der Waals surface area contributed by atoms with Crippen molar-refractivity contribution in [1.82, 2.24) is 19.8 Å². The van der Waals surface area contributed by atoms with Crippen LogP contribution in [0.4, 0.5) is 11.5 Å². The molecule has 1 aliphatic rings. The van der Waals surface area contributed by atoms with Crippen molar-refractivity contribution in [3.63, 3.8) is 0 Å². The van der Waals surface area contributed by atoms with Crippen LogP contribution in [-0.2, 0) is 0 Å². The molecule has 0 spiro atoms. The van der Waals surface area contributed by atoms with Crippen LogP contribution in [0.25, 0.3) is 0 Å². The highest BCUT2D eigenvalue weighted by Gasteiger charge is 2.20. The minimum Gasteiger partial charge on any atom is -0.391 e. The monoisotopic (exact) mass is 266 g/mol. The number of rotatable bonds is 4. The minimum absolute atomic E-state index is 0.212. The highest BCUT2D eigenvalue weighted by atomic mass is 16.1. The van der Waals surface area contributed by atoms with Crippen LogP contribution in [0, 0.1) is 0 Å². The highest BCUT2D eigenvalue weighted by Crippen LogP contribution is 2.16. The molecule has 1 aromatic rings. The average molecular weight is 266 g/mol. The van der Waals surface area contributed by atoms with Gasteiger partial charge in [-0.2, -0.15) is 0 Å². The van der Waals surface area contributed by atoms with E-state index in [9.17, 15) is 4.79 Å². The Hall–Kier alpha value is -1.60. The Bertz CT molecular complexity index is 464. The summed E-state index contributed by atoms with van der Waals surface area (Å²) in [6.45, 7) is 5.79. The van der Waals surface area contributed by atoms with Crippen molar-refractivity contribution in [3.05, 3.63) is 16.7 Å². The van der Waals surface area contributed by atoms with Crippen molar-refractivity contribution in [3.8, 4) is 0 Å². The molecule has 1 aromatic heterocycles. The van der Waals surface area contributed by atoms with E-state index in [1.54, 1.807) is 0 Å². The number of H-pyrrole nitrogens is 1. The predicted molar refractivity (Wildman–Crippen MR) is 76.5 cm³/mol. The summed E-state index contributed by atoms with van der Waals surface area (Å²) in [5.41, 5.74) is 5.73. The van der Waals surface area contributed by atoms with Crippen LogP contribution in [-0.4, -0.2) is 73.1 Å². The van der Waals surface area contributed by atoms with Gasteiger partial charge in [0, 0.05) is 39.3 Å². The molecule has 0 aromatic carbocycles. The molecule has 2 rings (SSSR count). The van der Waals surface area contributed by atoms with Gasteiger partial charge >= 0.3 is 0 Å². The summed E-state index contributed by atoms with van der Waals surface area (Å²) < 4.78 is 0. The van der Waals surface area contributed by atoms with E-state index in [4.69, 9.17) is 5.73 Å². The fourth-order valence-corrected chi connectivity index (χ4v) is 2.18. The van der Waals surface area contributed by atoms with Crippen LogP contribution >= 0.6 is 0 Å². The molecule has 19 heavy (non-hydrogen) atoms. The van der Waals surface area contributed by atoms with Crippen LogP contribution in [0.3, 0.4) is 0 Å². The zero-order chi connectivity index (χ0) is 13.8. The summed E-state index contributed by atoms with van der Waals surface area (Å²) >= 11 is 0. The summed E-state index contributed by atoms with van der Waals surface area (Å²) in [6, 6.07) is 0. The van der Waals surface area contributed by atoms with E-state index in [-0.39, 0.29) is 11.2 Å².